The predicted molar refractivity (Wildman–Crippen MR) is 17.7 cm³/mol. The van der Waals surface area contributed by atoms with Crippen molar-refractivity contribution in [1.29, 1.82) is 0 Å². The van der Waals surface area contributed by atoms with Gasteiger partial charge in [0, 0.05) is 6.61 Å². The molecule has 0 aliphatic rings. The van der Waals surface area contributed by atoms with Gasteiger partial charge in [0.1, 0.15) is 0 Å². The minimum atomic E-state index is 0.208. The van der Waals surface area contributed by atoms with Crippen LogP contribution in [-0.4, -0.2) is 11.7 Å². The van der Waals surface area contributed by atoms with Gasteiger partial charge in [-0.15, -0.1) is 0 Å². The Morgan fingerprint density at radius 2 is 1.83 bits per heavy atom. The molecule has 0 atom stereocenters. The van der Waals surface area contributed by atoms with Crippen LogP contribution >= 0.6 is 0 Å². The van der Waals surface area contributed by atoms with Crippen molar-refractivity contribution in [2.24, 2.45) is 0 Å². The van der Waals surface area contributed by atoms with Gasteiger partial charge < -0.3 is 12.0 Å². The monoisotopic (exact) mass is 133 g/mol. The quantitative estimate of drug-likeness (QED) is 0.407. The van der Waals surface area contributed by atoms with Crippen molar-refractivity contribution in [2.45, 2.75) is 6.42 Å². The van der Waals surface area contributed by atoms with E-state index in [1.165, 1.54) is 0 Å². The van der Waals surface area contributed by atoms with E-state index in [-0.39, 0.29) is 6.61 Å². The average Bonchev–Trinajstić information content (AvgIpc) is 1.72. The summed E-state index contributed by atoms with van der Waals surface area (Å²) < 4.78 is 7.88. The number of hydrogen-bond acceptors (Lipinski definition) is 2. The molecule has 0 saturated heterocycles. The second-order valence-electron chi connectivity index (χ2n) is 0.577. The summed E-state index contributed by atoms with van der Waals surface area (Å²) in [6.07, 6.45) is 0.625. The second kappa shape index (κ2) is 18.7. The summed E-state index contributed by atoms with van der Waals surface area (Å²) in [5, 5.41) is 7.81. The van der Waals surface area contributed by atoms with Gasteiger partial charge in [0.05, 0.1) is 0 Å². The molecule has 0 bridgehead atoms. The molecule has 0 heterocycles. The number of hydrogen-bond donors (Lipinski definition) is 1. The summed E-state index contributed by atoms with van der Waals surface area (Å²) in [5.74, 6) is 0. The average molecular weight is 134 g/mol. The summed E-state index contributed by atoms with van der Waals surface area (Å²) in [6.45, 7) is 3.56. The second-order valence-corrected chi connectivity index (χ2v) is 0.577. The van der Waals surface area contributed by atoms with Crippen LogP contribution in [0.2, 0.25) is 0 Å². The van der Waals surface area contributed by atoms with E-state index in [1.807, 2.05) is 0 Å². The zero-order valence-corrected chi connectivity index (χ0v) is 4.28. The first-order valence-corrected chi connectivity index (χ1v) is 1.85. The minimum absolute atomic E-state index is 0.208. The van der Waals surface area contributed by atoms with Crippen LogP contribution < -0.4 is 0 Å². The first kappa shape index (κ1) is 9.54. The SMILES string of the molecule is [CH2-]CCO.[O]=[Ni]. The predicted octanol–water partition coefficient (Wildman–Crippen LogP) is 0.0816. The van der Waals surface area contributed by atoms with Crippen LogP contribution in [0.3, 0.4) is 0 Å². The molecule has 0 fully saturated rings. The van der Waals surface area contributed by atoms with Gasteiger partial charge in [-0.25, -0.2) is 0 Å². The van der Waals surface area contributed by atoms with Crippen LogP contribution in [0.1, 0.15) is 6.42 Å². The Labute approximate surface area is 45.1 Å². The van der Waals surface area contributed by atoms with E-state index in [0.717, 1.165) is 0 Å². The third-order valence-electron chi connectivity index (χ3n) is 0.158. The van der Waals surface area contributed by atoms with Gasteiger partial charge in [0.25, 0.3) is 0 Å². The van der Waals surface area contributed by atoms with Crippen LogP contribution in [0, 0.1) is 6.92 Å². The standard InChI is InChI=1S/C3H7O.Ni.O/c1-2-3-4;;/h4H,1-3H2;;/q-1;;. The normalized spacial score (nSPS) is 6.00. The Bertz CT molecular complexity index is 16.3. The zero-order valence-electron chi connectivity index (χ0n) is 3.29. The molecular weight excluding hydrogens is 127 g/mol. The summed E-state index contributed by atoms with van der Waals surface area (Å²) >= 11 is 2.62. The molecule has 2 nitrogen and oxygen atoms in total. The third-order valence-corrected chi connectivity index (χ3v) is 0.158. The molecule has 0 aromatic rings. The first-order chi connectivity index (χ1) is 2.91. The van der Waals surface area contributed by atoms with E-state index >= 15 is 0 Å². The maximum atomic E-state index is 7.88. The fourth-order valence-corrected chi connectivity index (χ4v) is 0. The fraction of sp³-hybridized carbons (Fsp3) is 0.667. The molecule has 0 saturated carbocycles. The summed E-state index contributed by atoms with van der Waals surface area (Å²) in [4.78, 5) is 0. The number of aliphatic hydroxyl groups is 1. The Balaban J connectivity index is 0. The summed E-state index contributed by atoms with van der Waals surface area (Å²) in [5.41, 5.74) is 0. The van der Waals surface area contributed by atoms with Crippen LogP contribution in [0.4, 0.5) is 0 Å². The molecule has 6 heavy (non-hydrogen) atoms. The molecular formula is C3H7NiO2-. The van der Waals surface area contributed by atoms with Gasteiger partial charge in [0.15, 0.2) is 0 Å². The molecule has 0 aromatic carbocycles. The molecule has 1 N–H and O–H groups in total. The van der Waals surface area contributed by atoms with Crippen molar-refractivity contribution in [1.82, 2.24) is 0 Å². The van der Waals surface area contributed by atoms with Crippen molar-refractivity contribution >= 4 is 0 Å². The molecule has 42 valence electrons. The van der Waals surface area contributed by atoms with Crippen LogP contribution in [0.15, 0.2) is 0 Å². The van der Waals surface area contributed by atoms with Crippen molar-refractivity contribution in [2.75, 3.05) is 6.61 Å². The van der Waals surface area contributed by atoms with Gasteiger partial charge in [0.2, 0.25) is 0 Å². The number of aliphatic hydroxyl groups excluding tert-OH is 1. The molecule has 3 heteroatoms. The number of rotatable bonds is 1. The molecule has 0 amide bonds. The van der Waals surface area contributed by atoms with E-state index in [2.05, 4.69) is 22.3 Å². The van der Waals surface area contributed by atoms with Crippen LogP contribution in [-0.2, 0) is 19.3 Å². The molecule has 0 spiro atoms. The summed E-state index contributed by atoms with van der Waals surface area (Å²) in [6, 6.07) is 0. The third kappa shape index (κ3) is 28.7. The molecule has 0 aliphatic heterocycles. The van der Waals surface area contributed by atoms with E-state index in [1.54, 1.807) is 0 Å². The van der Waals surface area contributed by atoms with Gasteiger partial charge in [-0.3, -0.25) is 0 Å². The van der Waals surface area contributed by atoms with E-state index in [9.17, 15) is 0 Å². The Morgan fingerprint density at radius 1 is 1.67 bits per heavy atom. The van der Waals surface area contributed by atoms with Crippen LogP contribution in [0.25, 0.3) is 0 Å². The van der Waals surface area contributed by atoms with E-state index in [4.69, 9.17) is 9.00 Å². The molecule has 0 radical (unpaired) electrons. The summed E-state index contributed by atoms with van der Waals surface area (Å²) in [7, 11) is 0. The molecule has 0 aromatic heterocycles. The first-order valence-electron chi connectivity index (χ1n) is 1.45. The van der Waals surface area contributed by atoms with Crippen molar-refractivity contribution in [3.63, 3.8) is 0 Å². The zero-order chi connectivity index (χ0) is 5.41. The van der Waals surface area contributed by atoms with Gasteiger partial charge in [-0.05, 0) is 0 Å². The Hall–Kier alpha value is 0.254. The maximum absolute atomic E-state index is 7.88. The van der Waals surface area contributed by atoms with E-state index < -0.39 is 0 Å². The molecule has 0 rings (SSSR count). The van der Waals surface area contributed by atoms with Crippen LogP contribution in [0.5, 0.6) is 0 Å². The van der Waals surface area contributed by atoms with Gasteiger partial charge in [-0.1, -0.05) is 0 Å². The molecule has 0 aliphatic carbocycles. The van der Waals surface area contributed by atoms with Crippen molar-refractivity contribution < 1.29 is 24.4 Å². The van der Waals surface area contributed by atoms with E-state index in [0.29, 0.717) is 6.42 Å². The topological polar surface area (TPSA) is 37.3 Å². The fourth-order valence-electron chi connectivity index (χ4n) is 0. The Kier molecular flexibility index (Phi) is 29.8. The van der Waals surface area contributed by atoms with Crippen molar-refractivity contribution in [3.8, 4) is 0 Å². The van der Waals surface area contributed by atoms with Crippen molar-refractivity contribution in [3.05, 3.63) is 6.92 Å². The Morgan fingerprint density at radius 3 is 1.83 bits per heavy atom. The van der Waals surface area contributed by atoms with Gasteiger partial charge in [-0.2, -0.15) is 6.42 Å². The molecule has 0 unspecified atom stereocenters. The van der Waals surface area contributed by atoms with Gasteiger partial charge >= 0.3 is 19.3 Å².